The van der Waals surface area contributed by atoms with Gasteiger partial charge in [-0.3, -0.25) is 14.3 Å². The van der Waals surface area contributed by atoms with Gasteiger partial charge in [0.05, 0.1) is 0 Å². The largest absolute Gasteiger partial charge is 0.439 e. The fourth-order valence-corrected chi connectivity index (χ4v) is 1.24. The van der Waals surface area contributed by atoms with Gasteiger partial charge >= 0.3 is 5.76 Å². The summed E-state index contributed by atoms with van der Waals surface area (Å²) in [6, 6.07) is 6.81. The Kier molecular flexibility index (Phi) is 2.21. The lowest BCUT2D eigenvalue weighted by Crippen LogP contribution is -1.96. The van der Waals surface area contributed by atoms with E-state index < -0.39 is 5.76 Å². The standard InChI is InChI=1S/C10H8N2O3/c1-6(13)7-3-2-4-8(5-7)9-11-10(14)15-12-9/h2-5H,1H3,(H,11,12,14). The summed E-state index contributed by atoms with van der Waals surface area (Å²) in [7, 11) is 0. The molecule has 0 atom stereocenters. The molecule has 0 aliphatic rings. The van der Waals surface area contributed by atoms with Gasteiger partial charge in [0, 0.05) is 11.1 Å². The van der Waals surface area contributed by atoms with Gasteiger partial charge in [0.25, 0.3) is 0 Å². The third-order valence-corrected chi connectivity index (χ3v) is 1.98. The van der Waals surface area contributed by atoms with Crippen LogP contribution in [0, 0.1) is 0 Å². The number of Topliss-reactive ketones (excluding diaryl/α,β-unsaturated/α-hetero) is 1. The molecule has 1 N–H and O–H groups in total. The number of hydrogen-bond donors (Lipinski definition) is 1. The molecule has 0 bridgehead atoms. The highest BCUT2D eigenvalue weighted by atomic mass is 16.5. The van der Waals surface area contributed by atoms with E-state index in [1.807, 2.05) is 0 Å². The highest BCUT2D eigenvalue weighted by molar-refractivity contribution is 5.95. The van der Waals surface area contributed by atoms with Gasteiger partial charge in [0.15, 0.2) is 11.6 Å². The van der Waals surface area contributed by atoms with Crippen LogP contribution in [-0.2, 0) is 0 Å². The molecule has 0 unspecified atom stereocenters. The molecule has 1 aromatic carbocycles. The number of nitrogens with one attached hydrogen (secondary N) is 1. The molecule has 0 amide bonds. The van der Waals surface area contributed by atoms with Crippen LogP contribution in [-0.4, -0.2) is 15.9 Å². The van der Waals surface area contributed by atoms with Crippen LogP contribution in [0.15, 0.2) is 33.6 Å². The van der Waals surface area contributed by atoms with E-state index in [0.717, 1.165) is 0 Å². The van der Waals surface area contributed by atoms with Crippen LogP contribution in [0.1, 0.15) is 17.3 Å². The van der Waals surface area contributed by atoms with Crippen molar-refractivity contribution in [2.75, 3.05) is 0 Å². The van der Waals surface area contributed by atoms with E-state index in [0.29, 0.717) is 17.0 Å². The average molecular weight is 204 g/mol. The molecule has 0 fully saturated rings. The van der Waals surface area contributed by atoms with Gasteiger partial charge in [-0.2, -0.15) is 0 Å². The van der Waals surface area contributed by atoms with E-state index in [9.17, 15) is 9.59 Å². The molecule has 15 heavy (non-hydrogen) atoms. The van der Waals surface area contributed by atoms with Crippen LogP contribution in [0.4, 0.5) is 0 Å². The number of hydrogen-bond acceptors (Lipinski definition) is 4. The molecule has 0 spiro atoms. The number of aromatic nitrogens is 2. The Balaban J connectivity index is 2.49. The van der Waals surface area contributed by atoms with Crippen molar-refractivity contribution in [2.45, 2.75) is 6.92 Å². The molecule has 1 heterocycles. The Morgan fingerprint density at radius 3 is 2.87 bits per heavy atom. The van der Waals surface area contributed by atoms with Crippen molar-refractivity contribution in [3.8, 4) is 11.4 Å². The first kappa shape index (κ1) is 9.39. The second-order valence-electron chi connectivity index (χ2n) is 3.08. The lowest BCUT2D eigenvalue weighted by atomic mass is 10.1. The number of rotatable bonds is 2. The minimum Gasteiger partial charge on any atom is -0.296 e. The van der Waals surface area contributed by atoms with E-state index >= 15 is 0 Å². The summed E-state index contributed by atoms with van der Waals surface area (Å²) in [5.41, 5.74) is 1.21. The molecule has 1 aromatic heterocycles. The number of ketones is 1. The van der Waals surface area contributed by atoms with Crippen LogP contribution >= 0.6 is 0 Å². The third-order valence-electron chi connectivity index (χ3n) is 1.98. The van der Waals surface area contributed by atoms with E-state index in [4.69, 9.17) is 0 Å². The van der Waals surface area contributed by atoms with E-state index in [1.54, 1.807) is 24.3 Å². The van der Waals surface area contributed by atoms with Crippen molar-refractivity contribution in [1.29, 1.82) is 0 Å². The fourth-order valence-electron chi connectivity index (χ4n) is 1.24. The maximum Gasteiger partial charge on any atom is 0.439 e. The second-order valence-corrected chi connectivity index (χ2v) is 3.08. The maximum atomic E-state index is 11.1. The minimum absolute atomic E-state index is 0.0392. The Hall–Kier alpha value is -2.17. The second kappa shape index (κ2) is 3.53. The maximum absolute atomic E-state index is 11.1. The molecule has 76 valence electrons. The summed E-state index contributed by atoms with van der Waals surface area (Å²) in [5.74, 6) is -0.330. The first-order valence-corrected chi connectivity index (χ1v) is 4.34. The van der Waals surface area contributed by atoms with Crippen molar-refractivity contribution in [3.63, 3.8) is 0 Å². The predicted octanol–water partition coefficient (Wildman–Crippen LogP) is 1.23. The molecule has 0 radical (unpaired) electrons. The van der Waals surface area contributed by atoms with Gasteiger partial charge in [0.1, 0.15) is 0 Å². The van der Waals surface area contributed by atoms with Gasteiger partial charge in [-0.05, 0) is 13.0 Å². The quantitative estimate of drug-likeness (QED) is 0.746. The normalized spacial score (nSPS) is 10.2. The number of aromatic amines is 1. The summed E-state index contributed by atoms with van der Waals surface area (Å²) in [6.07, 6.45) is 0. The SMILES string of the molecule is CC(=O)c1cccc(-c2noc(=O)[nH]2)c1. The Morgan fingerprint density at radius 2 is 2.27 bits per heavy atom. The molecule has 2 rings (SSSR count). The molecule has 0 saturated carbocycles. The lowest BCUT2D eigenvalue weighted by Gasteiger charge is -1.97. The first-order valence-electron chi connectivity index (χ1n) is 4.34. The van der Waals surface area contributed by atoms with Gasteiger partial charge in [-0.1, -0.05) is 23.4 Å². The number of carbonyl (C=O) groups is 1. The number of H-pyrrole nitrogens is 1. The fraction of sp³-hybridized carbons (Fsp3) is 0.100. The summed E-state index contributed by atoms with van der Waals surface area (Å²) in [4.78, 5) is 24.3. The minimum atomic E-state index is -0.613. The number of nitrogens with zero attached hydrogens (tertiary/aromatic N) is 1. The first-order chi connectivity index (χ1) is 7.16. The predicted molar refractivity (Wildman–Crippen MR) is 52.6 cm³/mol. The van der Waals surface area contributed by atoms with Crippen LogP contribution in [0.2, 0.25) is 0 Å². The molecule has 5 nitrogen and oxygen atoms in total. The summed E-state index contributed by atoms with van der Waals surface area (Å²) < 4.78 is 4.37. The monoisotopic (exact) mass is 204 g/mol. The molecular formula is C10H8N2O3. The number of benzene rings is 1. The van der Waals surface area contributed by atoms with Crippen molar-refractivity contribution < 1.29 is 9.32 Å². The Bertz CT molecular complexity index is 554. The van der Waals surface area contributed by atoms with E-state index in [-0.39, 0.29) is 5.78 Å². The van der Waals surface area contributed by atoms with Gasteiger partial charge in [0.2, 0.25) is 0 Å². The number of carbonyl (C=O) groups excluding carboxylic acids is 1. The van der Waals surface area contributed by atoms with Crippen molar-refractivity contribution in [3.05, 3.63) is 40.4 Å². The van der Waals surface area contributed by atoms with Crippen LogP contribution in [0.25, 0.3) is 11.4 Å². The molecule has 5 heteroatoms. The average Bonchev–Trinajstić information content (AvgIpc) is 2.65. The molecule has 0 aliphatic carbocycles. The lowest BCUT2D eigenvalue weighted by molar-refractivity contribution is 0.101. The van der Waals surface area contributed by atoms with Crippen molar-refractivity contribution in [2.24, 2.45) is 0 Å². The van der Waals surface area contributed by atoms with Crippen molar-refractivity contribution in [1.82, 2.24) is 10.1 Å². The third kappa shape index (κ3) is 1.85. The van der Waals surface area contributed by atoms with E-state index in [2.05, 4.69) is 14.7 Å². The summed E-state index contributed by atoms with van der Waals surface area (Å²) in [6.45, 7) is 1.48. The van der Waals surface area contributed by atoms with Gasteiger partial charge in [-0.25, -0.2) is 4.79 Å². The zero-order valence-electron chi connectivity index (χ0n) is 7.98. The topological polar surface area (TPSA) is 76.0 Å². The Morgan fingerprint density at radius 1 is 1.47 bits per heavy atom. The molecule has 2 aromatic rings. The Labute approximate surface area is 84.7 Å². The molecule has 0 aliphatic heterocycles. The highest BCUT2D eigenvalue weighted by Gasteiger charge is 2.06. The zero-order chi connectivity index (χ0) is 10.8. The van der Waals surface area contributed by atoms with Crippen LogP contribution in [0.3, 0.4) is 0 Å². The van der Waals surface area contributed by atoms with Gasteiger partial charge < -0.3 is 0 Å². The van der Waals surface area contributed by atoms with Gasteiger partial charge in [-0.15, -0.1) is 0 Å². The van der Waals surface area contributed by atoms with E-state index in [1.165, 1.54) is 6.92 Å². The summed E-state index contributed by atoms with van der Waals surface area (Å²) >= 11 is 0. The van der Waals surface area contributed by atoms with Crippen LogP contribution < -0.4 is 5.76 Å². The van der Waals surface area contributed by atoms with Crippen LogP contribution in [0.5, 0.6) is 0 Å². The highest BCUT2D eigenvalue weighted by Crippen LogP contribution is 2.15. The zero-order valence-corrected chi connectivity index (χ0v) is 7.98. The molecule has 0 saturated heterocycles. The smallest absolute Gasteiger partial charge is 0.296 e. The van der Waals surface area contributed by atoms with Crippen molar-refractivity contribution >= 4 is 5.78 Å². The molecular weight excluding hydrogens is 196 g/mol. The summed E-state index contributed by atoms with van der Waals surface area (Å²) in [5, 5.41) is 3.53.